The van der Waals surface area contributed by atoms with Gasteiger partial charge >= 0.3 is 0 Å². The molecule has 1 aliphatic carbocycles. The summed E-state index contributed by atoms with van der Waals surface area (Å²) in [6.45, 7) is 3.65. The minimum absolute atomic E-state index is 0.406. The molecule has 2 fully saturated rings. The lowest BCUT2D eigenvalue weighted by atomic mass is 10.1. The number of nitrogens with one attached hydrogen (secondary N) is 1. The van der Waals surface area contributed by atoms with Gasteiger partial charge in [0, 0.05) is 33.3 Å². The quantitative estimate of drug-likeness (QED) is 0.651. The predicted octanol–water partition coefficient (Wildman–Crippen LogP) is 3.30. The number of benzene rings is 1. The second-order valence-corrected chi connectivity index (χ2v) is 7.38. The summed E-state index contributed by atoms with van der Waals surface area (Å²) in [7, 11) is 1.84. The van der Waals surface area contributed by atoms with Crippen LogP contribution in [0, 0.1) is 17.2 Å². The summed E-state index contributed by atoms with van der Waals surface area (Å²) in [6, 6.07) is 9.83. The molecule has 1 saturated heterocycles. The summed E-state index contributed by atoms with van der Waals surface area (Å²) in [5, 5.41) is 12.3. The van der Waals surface area contributed by atoms with Gasteiger partial charge in [0.25, 0.3) is 0 Å². The van der Waals surface area contributed by atoms with Crippen LogP contribution in [-0.4, -0.2) is 43.7 Å². The van der Waals surface area contributed by atoms with E-state index in [4.69, 9.17) is 10.00 Å². The summed E-state index contributed by atoms with van der Waals surface area (Å²) in [5.74, 6) is 1.75. The summed E-state index contributed by atoms with van der Waals surface area (Å²) >= 11 is 0. The molecular formula is C21H30N4O. The fourth-order valence-corrected chi connectivity index (χ4v) is 3.89. The van der Waals surface area contributed by atoms with Gasteiger partial charge in [-0.3, -0.25) is 4.99 Å². The standard InChI is InChI=1S/C21H30N4O/c1-23-21(24-15-18-8-6-17(14-22)7-9-18)25-12-10-20(11-13-25)26-16-19-4-2-3-5-19/h6-9,19-20H,2-5,10-13,15-16H2,1H3,(H,23,24). The number of hydrogen-bond acceptors (Lipinski definition) is 3. The molecule has 1 saturated carbocycles. The number of guanidine groups is 1. The Morgan fingerprint density at radius 2 is 1.88 bits per heavy atom. The van der Waals surface area contributed by atoms with Crippen molar-refractivity contribution in [2.24, 2.45) is 10.9 Å². The van der Waals surface area contributed by atoms with Crippen molar-refractivity contribution in [1.82, 2.24) is 10.2 Å². The lowest BCUT2D eigenvalue weighted by Gasteiger charge is -2.34. The molecule has 1 heterocycles. The highest BCUT2D eigenvalue weighted by molar-refractivity contribution is 5.79. The first-order valence-electron chi connectivity index (χ1n) is 9.84. The third kappa shape index (κ3) is 5.22. The number of ether oxygens (including phenoxy) is 1. The van der Waals surface area contributed by atoms with Crippen molar-refractivity contribution < 1.29 is 4.74 Å². The Bertz CT molecular complexity index is 620. The molecule has 1 aliphatic heterocycles. The van der Waals surface area contributed by atoms with Gasteiger partial charge in [0.1, 0.15) is 0 Å². The van der Waals surface area contributed by atoms with E-state index in [1.54, 1.807) is 0 Å². The first-order chi connectivity index (χ1) is 12.8. The van der Waals surface area contributed by atoms with Crippen molar-refractivity contribution in [3.05, 3.63) is 35.4 Å². The Morgan fingerprint density at radius 1 is 1.19 bits per heavy atom. The van der Waals surface area contributed by atoms with Gasteiger partial charge in [0.15, 0.2) is 5.96 Å². The lowest BCUT2D eigenvalue weighted by Crippen LogP contribution is -2.46. The van der Waals surface area contributed by atoms with E-state index < -0.39 is 0 Å². The molecule has 5 nitrogen and oxygen atoms in total. The van der Waals surface area contributed by atoms with E-state index in [2.05, 4.69) is 21.3 Å². The Kier molecular flexibility index (Phi) is 6.90. The Hall–Kier alpha value is -2.06. The van der Waals surface area contributed by atoms with Crippen molar-refractivity contribution in [3.8, 4) is 6.07 Å². The SMILES string of the molecule is CN=C(NCc1ccc(C#N)cc1)N1CCC(OCC2CCCC2)CC1. The molecule has 1 aromatic carbocycles. The Balaban J connectivity index is 1.40. The van der Waals surface area contributed by atoms with Crippen LogP contribution in [0.15, 0.2) is 29.3 Å². The maximum absolute atomic E-state index is 8.87. The fraction of sp³-hybridized carbons (Fsp3) is 0.619. The molecule has 0 radical (unpaired) electrons. The maximum atomic E-state index is 8.87. The van der Waals surface area contributed by atoms with E-state index in [1.807, 2.05) is 31.3 Å². The first kappa shape index (κ1) is 18.7. The normalized spacial score (nSPS) is 19.5. The number of hydrogen-bond donors (Lipinski definition) is 1. The minimum atomic E-state index is 0.406. The van der Waals surface area contributed by atoms with Crippen LogP contribution in [0.2, 0.25) is 0 Å². The second kappa shape index (κ2) is 9.59. The molecule has 0 spiro atoms. The van der Waals surface area contributed by atoms with Crippen LogP contribution in [0.5, 0.6) is 0 Å². The molecular weight excluding hydrogens is 324 g/mol. The van der Waals surface area contributed by atoms with E-state index in [0.29, 0.717) is 11.7 Å². The number of nitriles is 1. The zero-order valence-corrected chi connectivity index (χ0v) is 15.8. The summed E-state index contributed by atoms with van der Waals surface area (Å²) in [6.07, 6.45) is 8.02. The summed E-state index contributed by atoms with van der Waals surface area (Å²) in [4.78, 5) is 6.75. The number of piperidine rings is 1. The molecule has 140 valence electrons. The van der Waals surface area contributed by atoms with Crippen LogP contribution in [0.25, 0.3) is 0 Å². The number of likely N-dealkylation sites (tertiary alicyclic amines) is 1. The third-order valence-electron chi connectivity index (χ3n) is 5.53. The van der Waals surface area contributed by atoms with E-state index in [-0.39, 0.29) is 0 Å². The minimum Gasteiger partial charge on any atom is -0.378 e. The van der Waals surface area contributed by atoms with Gasteiger partial charge in [-0.15, -0.1) is 0 Å². The molecule has 0 amide bonds. The smallest absolute Gasteiger partial charge is 0.193 e. The maximum Gasteiger partial charge on any atom is 0.193 e. The highest BCUT2D eigenvalue weighted by Crippen LogP contribution is 2.26. The molecule has 0 unspecified atom stereocenters. The molecule has 1 N–H and O–H groups in total. The molecule has 3 rings (SSSR count). The first-order valence-corrected chi connectivity index (χ1v) is 9.84. The fourth-order valence-electron chi connectivity index (χ4n) is 3.89. The predicted molar refractivity (Wildman–Crippen MR) is 104 cm³/mol. The topological polar surface area (TPSA) is 60.7 Å². The van der Waals surface area contributed by atoms with Crippen LogP contribution in [0.1, 0.15) is 49.7 Å². The van der Waals surface area contributed by atoms with Crippen molar-refractivity contribution >= 4 is 5.96 Å². The van der Waals surface area contributed by atoms with Gasteiger partial charge in [-0.05, 0) is 49.3 Å². The van der Waals surface area contributed by atoms with Crippen molar-refractivity contribution in [3.63, 3.8) is 0 Å². The largest absolute Gasteiger partial charge is 0.378 e. The molecule has 5 heteroatoms. The average Bonchev–Trinajstić information content (AvgIpc) is 3.22. The van der Waals surface area contributed by atoms with Gasteiger partial charge in [0.2, 0.25) is 0 Å². The van der Waals surface area contributed by atoms with Gasteiger partial charge in [-0.1, -0.05) is 25.0 Å². The van der Waals surface area contributed by atoms with Gasteiger partial charge < -0.3 is 15.0 Å². The van der Waals surface area contributed by atoms with Crippen molar-refractivity contribution in [1.29, 1.82) is 5.26 Å². The highest BCUT2D eigenvalue weighted by Gasteiger charge is 2.23. The molecule has 0 aromatic heterocycles. The van der Waals surface area contributed by atoms with Crippen LogP contribution in [-0.2, 0) is 11.3 Å². The van der Waals surface area contributed by atoms with E-state index in [9.17, 15) is 0 Å². The number of nitrogens with zero attached hydrogens (tertiary/aromatic N) is 3. The van der Waals surface area contributed by atoms with E-state index in [1.165, 1.54) is 25.7 Å². The molecule has 0 bridgehead atoms. The number of aliphatic imine (C=N–C) groups is 1. The average molecular weight is 354 g/mol. The van der Waals surface area contributed by atoms with Crippen molar-refractivity contribution in [2.75, 3.05) is 26.7 Å². The van der Waals surface area contributed by atoms with E-state index in [0.717, 1.165) is 56.5 Å². The Labute approximate surface area is 157 Å². The zero-order chi connectivity index (χ0) is 18.2. The molecule has 2 aliphatic rings. The molecule has 26 heavy (non-hydrogen) atoms. The zero-order valence-electron chi connectivity index (χ0n) is 15.8. The van der Waals surface area contributed by atoms with Crippen LogP contribution in [0.3, 0.4) is 0 Å². The number of rotatable bonds is 5. The van der Waals surface area contributed by atoms with Gasteiger partial charge in [-0.2, -0.15) is 5.26 Å². The summed E-state index contributed by atoms with van der Waals surface area (Å²) in [5.41, 5.74) is 1.85. The monoisotopic (exact) mass is 354 g/mol. The van der Waals surface area contributed by atoms with Gasteiger partial charge in [0.05, 0.1) is 17.7 Å². The second-order valence-electron chi connectivity index (χ2n) is 7.38. The highest BCUT2D eigenvalue weighted by atomic mass is 16.5. The van der Waals surface area contributed by atoms with E-state index >= 15 is 0 Å². The molecule has 0 atom stereocenters. The van der Waals surface area contributed by atoms with Crippen LogP contribution >= 0.6 is 0 Å². The van der Waals surface area contributed by atoms with Gasteiger partial charge in [-0.25, -0.2) is 0 Å². The molecule has 1 aromatic rings. The van der Waals surface area contributed by atoms with Crippen molar-refractivity contribution in [2.45, 2.75) is 51.2 Å². The summed E-state index contributed by atoms with van der Waals surface area (Å²) < 4.78 is 6.17. The van der Waals surface area contributed by atoms with Crippen LogP contribution in [0.4, 0.5) is 0 Å². The lowest BCUT2D eigenvalue weighted by molar-refractivity contribution is 0.00101. The Morgan fingerprint density at radius 3 is 2.50 bits per heavy atom. The van der Waals surface area contributed by atoms with Crippen LogP contribution < -0.4 is 5.32 Å². The third-order valence-corrected chi connectivity index (χ3v) is 5.53.